The standard InChI is InChI=1S/C18H20ClN3O5S/c1-12-7-8-14(20-17(23)11-22(2)18(24)27-3)10-16(12)28(25,26)21-15-6-4-5-13(19)9-15/h4-10,21H,11H2,1-3H3,(H,20,23). The fourth-order valence-electron chi connectivity index (χ4n) is 2.37. The number of carbonyl (C=O) groups is 2. The number of aryl methyl sites for hydroxylation is 1. The second-order valence-corrected chi connectivity index (χ2v) is 8.06. The van der Waals surface area contributed by atoms with Crippen LogP contribution >= 0.6 is 11.6 Å². The maximum atomic E-state index is 12.7. The third kappa shape index (κ3) is 5.61. The molecule has 8 nitrogen and oxygen atoms in total. The Balaban J connectivity index is 2.20. The van der Waals surface area contributed by atoms with Gasteiger partial charge in [0.2, 0.25) is 5.91 Å². The summed E-state index contributed by atoms with van der Waals surface area (Å²) in [6.45, 7) is 1.40. The molecule has 150 valence electrons. The third-order valence-electron chi connectivity index (χ3n) is 3.71. The lowest BCUT2D eigenvalue weighted by Gasteiger charge is -2.16. The number of benzene rings is 2. The summed E-state index contributed by atoms with van der Waals surface area (Å²) in [7, 11) is -1.29. The van der Waals surface area contributed by atoms with Gasteiger partial charge in [0.25, 0.3) is 10.0 Å². The van der Waals surface area contributed by atoms with Gasteiger partial charge in [0.15, 0.2) is 0 Å². The number of halogens is 1. The highest BCUT2D eigenvalue weighted by atomic mass is 35.5. The van der Waals surface area contributed by atoms with Crippen molar-refractivity contribution in [2.24, 2.45) is 0 Å². The molecule has 0 fully saturated rings. The maximum Gasteiger partial charge on any atom is 0.409 e. The quantitative estimate of drug-likeness (QED) is 0.739. The number of rotatable bonds is 6. The Morgan fingerprint density at radius 3 is 2.50 bits per heavy atom. The SMILES string of the molecule is COC(=O)N(C)CC(=O)Nc1ccc(C)c(S(=O)(=O)Nc2cccc(Cl)c2)c1. The van der Waals surface area contributed by atoms with Crippen LogP contribution in [0.5, 0.6) is 0 Å². The molecule has 0 heterocycles. The minimum Gasteiger partial charge on any atom is -0.453 e. The summed E-state index contributed by atoms with van der Waals surface area (Å²) < 4.78 is 32.5. The molecule has 2 N–H and O–H groups in total. The van der Waals surface area contributed by atoms with Gasteiger partial charge >= 0.3 is 6.09 Å². The number of nitrogens with one attached hydrogen (secondary N) is 2. The van der Waals surface area contributed by atoms with Crippen LogP contribution in [0.4, 0.5) is 16.2 Å². The van der Waals surface area contributed by atoms with Gasteiger partial charge in [-0.3, -0.25) is 9.52 Å². The molecule has 0 radical (unpaired) electrons. The van der Waals surface area contributed by atoms with Crippen LogP contribution in [0.3, 0.4) is 0 Å². The fourth-order valence-corrected chi connectivity index (χ4v) is 3.88. The van der Waals surface area contributed by atoms with E-state index in [4.69, 9.17) is 11.6 Å². The Bertz CT molecular complexity index is 994. The zero-order valence-electron chi connectivity index (χ0n) is 15.5. The molecule has 2 aromatic carbocycles. The van der Waals surface area contributed by atoms with Crippen LogP contribution in [-0.4, -0.2) is 46.0 Å². The molecule has 0 spiro atoms. The van der Waals surface area contributed by atoms with E-state index in [1.165, 1.54) is 26.3 Å². The number of methoxy groups -OCH3 is 1. The highest BCUT2D eigenvalue weighted by molar-refractivity contribution is 7.92. The van der Waals surface area contributed by atoms with Crippen molar-refractivity contribution in [2.75, 3.05) is 30.7 Å². The molecule has 10 heteroatoms. The monoisotopic (exact) mass is 425 g/mol. The molecule has 0 aliphatic rings. The molecule has 0 aliphatic carbocycles. The summed E-state index contributed by atoms with van der Waals surface area (Å²) in [5.74, 6) is -0.497. The van der Waals surface area contributed by atoms with E-state index in [1.54, 1.807) is 37.3 Å². The zero-order chi connectivity index (χ0) is 20.9. The fraction of sp³-hybridized carbons (Fsp3) is 0.222. The molecular formula is C18H20ClN3O5S. The van der Waals surface area contributed by atoms with Gasteiger partial charge in [-0.1, -0.05) is 23.7 Å². The number of amides is 2. The van der Waals surface area contributed by atoms with Crippen molar-refractivity contribution in [3.8, 4) is 0 Å². The topological polar surface area (TPSA) is 105 Å². The minimum atomic E-state index is -3.90. The molecule has 0 bridgehead atoms. The van der Waals surface area contributed by atoms with Crippen LogP contribution in [0.15, 0.2) is 47.4 Å². The smallest absolute Gasteiger partial charge is 0.409 e. The van der Waals surface area contributed by atoms with Crippen molar-refractivity contribution in [1.29, 1.82) is 0 Å². The van der Waals surface area contributed by atoms with Crippen LogP contribution in [0, 0.1) is 6.92 Å². The number of carbonyl (C=O) groups excluding carboxylic acids is 2. The zero-order valence-corrected chi connectivity index (χ0v) is 17.1. The predicted octanol–water partition coefficient (Wildman–Crippen LogP) is 3.09. The lowest BCUT2D eigenvalue weighted by Crippen LogP contribution is -2.34. The van der Waals surface area contributed by atoms with Gasteiger partial charge in [-0.15, -0.1) is 0 Å². The molecule has 0 aromatic heterocycles. The van der Waals surface area contributed by atoms with E-state index in [9.17, 15) is 18.0 Å². The normalized spacial score (nSPS) is 10.9. The van der Waals surface area contributed by atoms with Crippen molar-refractivity contribution in [1.82, 2.24) is 4.90 Å². The van der Waals surface area contributed by atoms with Crippen LogP contribution in [0.25, 0.3) is 0 Å². The predicted molar refractivity (Wildman–Crippen MR) is 107 cm³/mol. The molecular weight excluding hydrogens is 406 g/mol. The second kappa shape index (κ2) is 8.94. The van der Waals surface area contributed by atoms with E-state index in [-0.39, 0.29) is 17.1 Å². The molecule has 0 aliphatic heterocycles. The summed E-state index contributed by atoms with van der Waals surface area (Å²) in [4.78, 5) is 24.5. The van der Waals surface area contributed by atoms with Crippen LogP contribution in [-0.2, 0) is 19.6 Å². The van der Waals surface area contributed by atoms with E-state index in [0.717, 1.165) is 4.90 Å². The van der Waals surface area contributed by atoms with E-state index < -0.39 is 22.0 Å². The van der Waals surface area contributed by atoms with Crippen molar-refractivity contribution in [3.63, 3.8) is 0 Å². The number of hydrogen-bond donors (Lipinski definition) is 2. The number of likely N-dealkylation sites (N-methyl/N-ethyl adjacent to an activating group) is 1. The Hall–Kier alpha value is -2.78. The lowest BCUT2D eigenvalue weighted by atomic mass is 10.2. The third-order valence-corrected chi connectivity index (χ3v) is 5.46. The Morgan fingerprint density at radius 1 is 1.14 bits per heavy atom. The first-order valence-corrected chi connectivity index (χ1v) is 9.96. The summed E-state index contributed by atoms with van der Waals surface area (Å²) in [5.41, 5.74) is 1.10. The van der Waals surface area contributed by atoms with Gasteiger partial charge in [0.1, 0.15) is 6.54 Å². The molecule has 0 saturated carbocycles. The van der Waals surface area contributed by atoms with Crippen molar-refractivity contribution >= 4 is 45.0 Å². The molecule has 0 saturated heterocycles. The number of anilines is 2. The van der Waals surface area contributed by atoms with Crippen LogP contribution in [0.1, 0.15) is 5.56 Å². The number of ether oxygens (including phenoxy) is 1. The molecule has 2 aromatic rings. The van der Waals surface area contributed by atoms with Crippen molar-refractivity contribution in [2.45, 2.75) is 11.8 Å². The van der Waals surface area contributed by atoms with Gasteiger partial charge in [0.05, 0.1) is 17.7 Å². The van der Waals surface area contributed by atoms with E-state index in [1.807, 2.05) is 0 Å². The van der Waals surface area contributed by atoms with Crippen LogP contribution in [0.2, 0.25) is 5.02 Å². The maximum absolute atomic E-state index is 12.7. The van der Waals surface area contributed by atoms with E-state index in [0.29, 0.717) is 16.3 Å². The summed E-state index contributed by atoms with van der Waals surface area (Å²) in [6.07, 6.45) is -0.659. The number of sulfonamides is 1. The van der Waals surface area contributed by atoms with Gasteiger partial charge in [0, 0.05) is 17.8 Å². The van der Waals surface area contributed by atoms with E-state index >= 15 is 0 Å². The number of hydrogen-bond acceptors (Lipinski definition) is 5. The van der Waals surface area contributed by atoms with Crippen molar-refractivity contribution < 1.29 is 22.7 Å². The molecule has 28 heavy (non-hydrogen) atoms. The summed E-state index contributed by atoms with van der Waals surface area (Å²) in [6, 6.07) is 10.8. The van der Waals surface area contributed by atoms with Gasteiger partial charge < -0.3 is 15.0 Å². The first-order chi connectivity index (χ1) is 13.1. The highest BCUT2D eigenvalue weighted by Crippen LogP contribution is 2.24. The molecule has 2 rings (SSSR count). The first-order valence-electron chi connectivity index (χ1n) is 8.10. The Labute approximate surface area is 168 Å². The Morgan fingerprint density at radius 2 is 1.86 bits per heavy atom. The van der Waals surface area contributed by atoms with Gasteiger partial charge in [-0.25, -0.2) is 13.2 Å². The lowest BCUT2D eigenvalue weighted by molar-refractivity contribution is -0.116. The van der Waals surface area contributed by atoms with Gasteiger partial charge in [-0.05, 0) is 42.8 Å². The molecule has 0 unspecified atom stereocenters. The summed E-state index contributed by atoms with van der Waals surface area (Å²) in [5, 5.41) is 2.96. The summed E-state index contributed by atoms with van der Waals surface area (Å²) >= 11 is 5.89. The number of nitrogens with zero attached hydrogens (tertiary/aromatic N) is 1. The van der Waals surface area contributed by atoms with E-state index in [2.05, 4.69) is 14.8 Å². The average molecular weight is 426 g/mol. The molecule has 0 atom stereocenters. The minimum absolute atomic E-state index is 0.00611. The highest BCUT2D eigenvalue weighted by Gasteiger charge is 2.19. The Kier molecular flexibility index (Phi) is 6.87. The largest absolute Gasteiger partial charge is 0.453 e. The average Bonchev–Trinajstić information content (AvgIpc) is 2.62. The van der Waals surface area contributed by atoms with Crippen LogP contribution < -0.4 is 10.0 Å². The first kappa shape index (κ1) is 21.5. The second-order valence-electron chi connectivity index (χ2n) is 5.97. The molecule has 2 amide bonds. The van der Waals surface area contributed by atoms with Crippen molar-refractivity contribution in [3.05, 3.63) is 53.1 Å². The van der Waals surface area contributed by atoms with Gasteiger partial charge in [-0.2, -0.15) is 0 Å².